The minimum atomic E-state index is -1.75. The average molecular weight is 494 g/mol. The maximum Gasteiger partial charge on any atom is 0.326 e. The molecule has 2 rings (SSSR count). The summed E-state index contributed by atoms with van der Waals surface area (Å²) in [6.45, 7) is -0.671. The molecule has 2 heterocycles. The van der Waals surface area contributed by atoms with Gasteiger partial charge in [-0.05, 0) is 0 Å². The zero-order valence-corrected chi connectivity index (χ0v) is 18.3. The van der Waals surface area contributed by atoms with Gasteiger partial charge in [0.1, 0.15) is 24.2 Å². The van der Waals surface area contributed by atoms with Gasteiger partial charge in [-0.1, -0.05) is 0 Å². The lowest BCUT2D eigenvalue weighted by Crippen LogP contribution is -2.58. The Bertz CT molecular complexity index is 1010. The van der Waals surface area contributed by atoms with E-state index in [0.29, 0.717) is 11.4 Å². The summed E-state index contributed by atoms with van der Waals surface area (Å²) in [4.78, 5) is 73.6. The van der Waals surface area contributed by atoms with Gasteiger partial charge in [-0.3, -0.25) is 19.2 Å². The molecule has 4 unspecified atom stereocenters. The Kier molecular flexibility index (Phi) is 9.85. The number of aliphatic carboxylic acids is 2. The third-order valence-corrected chi connectivity index (χ3v) is 4.75. The van der Waals surface area contributed by atoms with Crippen molar-refractivity contribution in [2.75, 3.05) is 6.61 Å². The van der Waals surface area contributed by atoms with Crippen LogP contribution < -0.4 is 21.7 Å². The highest BCUT2D eigenvalue weighted by atomic mass is 16.4. The Balaban J connectivity index is 2.23. The second-order valence-corrected chi connectivity index (χ2v) is 7.47. The molecule has 4 atom stereocenters. The van der Waals surface area contributed by atoms with Crippen molar-refractivity contribution in [3.63, 3.8) is 0 Å². The number of nitrogens with two attached hydrogens (primary N) is 1. The standard InChI is InChI=1S/C19H26N8O8/c20-11(6-28)16(31)25-12(1-9-4-21-7-23-9)17(32)26-13(2-10-5-22-8-24-10)18(33)27-14(19(34)35)3-15(29)30/h4-5,7-8,11-14,28H,1-3,6,20H2,(H,21,23)(H,22,24)(H,25,31)(H,26,32)(H,27,33)(H,29,30)(H,34,35). The number of aromatic nitrogens is 4. The quantitative estimate of drug-likeness (QED) is 0.123. The Morgan fingerprint density at radius 3 is 1.66 bits per heavy atom. The van der Waals surface area contributed by atoms with Crippen molar-refractivity contribution in [2.45, 2.75) is 43.4 Å². The second kappa shape index (κ2) is 12.8. The lowest BCUT2D eigenvalue weighted by Gasteiger charge is -2.24. The first kappa shape index (κ1) is 26.9. The number of carbonyl (C=O) groups excluding carboxylic acids is 3. The zero-order valence-electron chi connectivity index (χ0n) is 18.3. The van der Waals surface area contributed by atoms with Crippen molar-refractivity contribution >= 4 is 29.7 Å². The molecule has 0 saturated heterocycles. The number of rotatable bonds is 14. The van der Waals surface area contributed by atoms with Gasteiger partial charge in [-0.25, -0.2) is 14.8 Å². The lowest BCUT2D eigenvalue weighted by molar-refractivity contribution is -0.147. The van der Waals surface area contributed by atoms with Crippen LogP contribution in [0.25, 0.3) is 0 Å². The Morgan fingerprint density at radius 1 is 0.829 bits per heavy atom. The summed E-state index contributed by atoms with van der Waals surface area (Å²) in [5.74, 6) is -5.65. The lowest BCUT2D eigenvalue weighted by atomic mass is 10.1. The Morgan fingerprint density at radius 2 is 1.29 bits per heavy atom. The maximum absolute atomic E-state index is 13.1. The van der Waals surface area contributed by atoms with E-state index < -0.39 is 66.9 Å². The molecule has 16 heteroatoms. The molecule has 0 aromatic carbocycles. The monoisotopic (exact) mass is 494 g/mol. The van der Waals surface area contributed by atoms with Crippen molar-refractivity contribution in [3.05, 3.63) is 36.4 Å². The number of H-pyrrole nitrogens is 2. The van der Waals surface area contributed by atoms with Gasteiger partial charge in [0.15, 0.2) is 0 Å². The van der Waals surface area contributed by atoms with Crippen molar-refractivity contribution < 1.29 is 39.3 Å². The smallest absolute Gasteiger partial charge is 0.326 e. The number of nitrogens with zero attached hydrogens (tertiary/aromatic N) is 2. The molecule has 190 valence electrons. The Labute approximate surface area is 197 Å². The van der Waals surface area contributed by atoms with Gasteiger partial charge in [-0.2, -0.15) is 0 Å². The van der Waals surface area contributed by atoms with Crippen molar-refractivity contribution in [1.82, 2.24) is 35.9 Å². The van der Waals surface area contributed by atoms with Crippen LogP contribution in [0.3, 0.4) is 0 Å². The Hall–Kier alpha value is -4.31. The van der Waals surface area contributed by atoms with Crippen LogP contribution in [0, 0.1) is 0 Å². The predicted molar refractivity (Wildman–Crippen MR) is 115 cm³/mol. The number of carboxylic acids is 2. The van der Waals surface area contributed by atoms with Gasteiger partial charge < -0.3 is 47.0 Å². The van der Waals surface area contributed by atoms with Crippen LogP contribution in [-0.4, -0.2) is 95.7 Å². The van der Waals surface area contributed by atoms with Crippen LogP contribution in [0.1, 0.15) is 17.8 Å². The normalized spacial score (nSPS) is 14.2. The number of carboxylic acid groups (broad SMARTS) is 2. The number of imidazole rings is 2. The number of aliphatic hydroxyl groups excluding tert-OH is 1. The van der Waals surface area contributed by atoms with Gasteiger partial charge in [0.2, 0.25) is 17.7 Å². The number of aromatic amines is 2. The number of aliphatic hydroxyl groups is 1. The van der Waals surface area contributed by atoms with E-state index in [0.717, 1.165) is 0 Å². The van der Waals surface area contributed by atoms with E-state index in [1.165, 1.54) is 25.0 Å². The van der Waals surface area contributed by atoms with E-state index in [1.807, 2.05) is 0 Å². The van der Waals surface area contributed by atoms with Crippen LogP contribution in [0.15, 0.2) is 25.0 Å². The van der Waals surface area contributed by atoms with Crippen LogP contribution in [0.5, 0.6) is 0 Å². The topological polar surface area (TPSA) is 266 Å². The first-order valence-electron chi connectivity index (χ1n) is 10.3. The molecule has 2 aromatic heterocycles. The molecular formula is C19H26N8O8. The molecule has 0 aliphatic heterocycles. The SMILES string of the molecule is NC(CO)C(=O)NC(Cc1cnc[nH]1)C(=O)NC(Cc1cnc[nH]1)C(=O)NC(CC(=O)O)C(=O)O. The highest BCUT2D eigenvalue weighted by Crippen LogP contribution is 2.05. The van der Waals surface area contributed by atoms with Gasteiger partial charge in [0, 0.05) is 36.6 Å². The van der Waals surface area contributed by atoms with Gasteiger partial charge in [0.25, 0.3) is 0 Å². The van der Waals surface area contributed by atoms with Crippen LogP contribution in [0.2, 0.25) is 0 Å². The zero-order chi connectivity index (χ0) is 26.0. The first-order valence-corrected chi connectivity index (χ1v) is 10.3. The van der Waals surface area contributed by atoms with Gasteiger partial charge in [0.05, 0.1) is 25.7 Å². The summed E-state index contributed by atoms with van der Waals surface area (Å²) in [7, 11) is 0. The third-order valence-electron chi connectivity index (χ3n) is 4.75. The fourth-order valence-electron chi connectivity index (χ4n) is 2.93. The van der Waals surface area contributed by atoms with E-state index in [2.05, 4.69) is 35.9 Å². The minimum Gasteiger partial charge on any atom is -0.481 e. The largest absolute Gasteiger partial charge is 0.481 e. The highest BCUT2D eigenvalue weighted by molar-refractivity contribution is 5.94. The molecule has 0 aliphatic rings. The van der Waals surface area contributed by atoms with Gasteiger partial charge in [-0.15, -0.1) is 0 Å². The molecule has 3 amide bonds. The predicted octanol–water partition coefficient (Wildman–Crippen LogP) is -3.75. The average Bonchev–Trinajstić information content (AvgIpc) is 3.50. The molecule has 0 aliphatic carbocycles. The third kappa shape index (κ3) is 8.52. The minimum absolute atomic E-state index is 0.0785. The fraction of sp³-hybridized carbons (Fsp3) is 0.421. The molecular weight excluding hydrogens is 468 g/mol. The summed E-state index contributed by atoms with van der Waals surface area (Å²) >= 11 is 0. The van der Waals surface area contributed by atoms with E-state index in [-0.39, 0.29) is 12.8 Å². The molecule has 35 heavy (non-hydrogen) atoms. The number of hydrogen-bond acceptors (Lipinski definition) is 9. The summed E-state index contributed by atoms with van der Waals surface area (Å²) in [6.07, 6.45) is 4.36. The molecule has 10 N–H and O–H groups in total. The summed E-state index contributed by atoms with van der Waals surface area (Å²) in [6, 6.07) is -5.68. The van der Waals surface area contributed by atoms with E-state index >= 15 is 0 Å². The molecule has 0 spiro atoms. The van der Waals surface area contributed by atoms with Crippen LogP contribution in [0.4, 0.5) is 0 Å². The molecule has 0 fully saturated rings. The maximum atomic E-state index is 13.1. The van der Waals surface area contributed by atoms with Crippen LogP contribution in [-0.2, 0) is 36.8 Å². The molecule has 0 saturated carbocycles. The summed E-state index contributed by atoms with van der Waals surface area (Å²) in [5, 5.41) is 34.2. The van der Waals surface area contributed by atoms with Crippen molar-refractivity contribution in [1.29, 1.82) is 0 Å². The molecule has 16 nitrogen and oxygen atoms in total. The first-order chi connectivity index (χ1) is 16.6. The second-order valence-electron chi connectivity index (χ2n) is 7.47. The summed E-state index contributed by atoms with van der Waals surface area (Å²) in [5.41, 5.74) is 6.38. The number of carbonyl (C=O) groups is 5. The number of nitrogens with one attached hydrogen (secondary N) is 5. The number of amides is 3. The molecule has 0 bridgehead atoms. The van der Waals surface area contributed by atoms with Crippen LogP contribution >= 0.6 is 0 Å². The van der Waals surface area contributed by atoms with E-state index in [9.17, 15) is 29.1 Å². The van der Waals surface area contributed by atoms with Crippen molar-refractivity contribution in [3.8, 4) is 0 Å². The van der Waals surface area contributed by atoms with Crippen molar-refractivity contribution in [2.24, 2.45) is 5.73 Å². The fourth-order valence-corrected chi connectivity index (χ4v) is 2.93. The summed E-state index contributed by atoms with van der Waals surface area (Å²) < 4.78 is 0. The van der Waals surface area contributed by atoms with E-state index in [4.69, 9.17) is 15.9 Å². The van der Waals surface area contributed by atoms with E-state index in [1.54, 1.807) is 0 Å². The molecule has 0 radical (unpaired) electrons. The number of hydrogen-bond donors (Lipinski definition) is 9. The molecule has 2 aromatic rings. The highest BCUT2D eigenvalue weighted by Gasteiger charge is 2.31. The van der Waals surface area contributed by atoms with Gasteiger partial charge >= 0.3 is 11.9 Å².